The first-order chi connectivity index (χ1) is 5.79. The lowest BCUT2D eigenvalue weighted by atomic mass is 10.2. The lowest BCUT2D eigenvalue weighted by molar-refractivity contribution is 0.585. The van der Waals surface area contributed by atoms with Crippen molar-refractivity contribution in [1.29, 1.82) is 0 Å². The van der Waals surface area contributed by atoms with Gasteiger partial charge >= 0.3 is 4.94 Å². The van der Waals surface area contributed by atoms with Crippen molar-refractivity contribution < 1.29 is 4.42 Å². The molecule has 62 valence electrons. The zero-order valence-electron chi connectivity index (χ0n) is 6.24. The molecule has 1 heterocycles. The Bertz CT molecular complexity index is 457. The van der Waals surface area contributed by atoms with Crippen LogP contribution in [-0.2, 0) is 6.54 Å². The molecule has 2 N–H and O–H groups in total. The molecule has 1 aromatic heterocycles. The smallest absolute Gasteiger partial charge is 0.396 e. The van der Waals surface area contributed by atoms with E-state index in [1.54, 1.807) is 6.07 Å². The summed E-state index contributed by atoms with van der Waals surface area (Å²) < 4.78 is 5.75. The van der Waals surface area contributed by atoms with E-state index in [4.69, 9.17) is 10.2 Å². The van der Waals surface area contributed by atoms with Gasteiger partial charge in [0.15, 0.2) is 0 Å². The first kappa shape index (κ1) is 7.52. The summed E-state index contributed by atoms with van der Waals surface area (Å²) in [7, 11) is 0. The fraction of sp³-hybridized carbons (Fsp3) is 0.125. The van der Waals surface area contributed by atoms with Crippen molar-refractivity contribution in [1.82, 2.24) is 0 Å². The third kappa shape index (κ3) is 1.15. The second kappa shape index (κ2) is 2.73. The number of nitrogens with two attached hydrogens (primary N) is 1. The van der Waals surface area contributed by atoms with Crippen LogP contribution in [0.3, 0.4) is 0 Å². The maximum Gasteiger partial charge on any atom is 0.396 e. The minimum Gasteiger partial charge on any atom is -0.414 e. The van der Waals surface area contributed by atoms with Crippen LogP contribution in [0.2, 0.25) is 0 Å². The van der Waals surface area contributed by atoms with E-state index in [9.17, 15) is 4.79 Å². The summed E-state index contributed by atoms with van der Waals surface area (Å²) >= 11 is 1.10. The Hall–Kier alpha value is -1.13. The van der Waals surface area contributed by atoms with Crippen LogP contribution >= 0.6 is 11.3 Å². The molecular weight excluding hydrogens is 174 g/mol. The largest absolute Gasteiger partial charge is 0.414 e. The number of fused-ring (bicyclic) bond motifs is 1. The van der Waals surface area contributed by atoms with Gasteiger partial charge in [-0.2, -0.15) is 0 Å². The molecule has 2 rings (SSSR count). The van der Waals surface area contributed by atoms with Crippen LogP contribution in [0, 0.1) is 0 Å². The summed E-state index contributed by atoms with van der Waals surface area (Å²) in [6.07, 6.45) is 0. The molecule has 0 atom stereocenters. The molecule has 0 aliphatic heterocycles. The van der Waals surface area contributed by atoms with Crippen molar-refractivity contribution >= 4 is 21.6 Å². The summed E-state index contributed by atoms with van der Waals surface area (Å²) in [5.41, 5.74) is 7.10. The zero-order chi connectivity index (χ0) is 8.55. The number of rotatable bonds is 1. The highest BCUT2D eigenvalue weighted by molar-refractivity contribution is 7.16. The lowest BCUT2D eigenvalue weighted by Gasteiger charge is -1.92. The van der Waals surface area contributed by atoms with Gasteiger partial charge in [0, 0.05) is 6.54 Å². The minimum atomic E-state index is -0.265. The second-order valence-electron chi connectivity index (χ2n) is 2.44. The predicted molar refractivity (Wildman–Crippen MR) is 48.3 cm³/mol. The summed E-state index contributed by atoms with van der Waals surface area (Å²) in [6.45, 7) is 0.488. The maximum absolute atomic E-state index is 10.8. The third-order valence-corrected chi connectivity index (χ3v) is 2.42. The summed E-state index contributed by atoms with van der Waals surface area (Å²) in [5.74, 6) is 0. The first-order valence-corrected chi connectivity index (χ1v) is 4.34. The Morgan fingerprint density at radius 3 is 3.08 bits per heavy atom. The fourth-order valence-electron chi connectivity index (χ4n) is 1.04. The van der Waals surface area contributed by atoms with Crippen LogP contribution < -0.4 is 10.7 Å². The van der Waals surface area contributed by atoms with Gasteiger partial charge in [0.25, 0.3) is 0 Å². The summed E-state index contributed by atoms with van der Waals surface area (Å²) in [5, 5.41) is 0. The van der Waals surface area contributed by atoms with Crippen LogP contribution in [-0.4, -0.2) is 0 Å². The molecule has 3 nitrogen and oxygen atoms in total. The summed E-state index contributed by atoms with van der Waals surface area (Å²) in [4.78, 5) is 10.5. The Morgan fingerprint density at radius 1 is 1.50 bits per heavy atom. The number of hydrogen-bond donors (Lipinski definition) is 1. The van der Waals surface area contributed by atoms with E-state index >= 15 is 0 Å². The van der Waals surface area contributed by atoms with E-state index < -0.39 is 0 Å². The number of benzene rings is 1. The van der Waals surface area contributed by atoms with Gasteiger partial charge in [-0.3, -0.25) is 0 Å². The van der Waals surface area contributed by atoms with Crippen molar-refractivity contribution in [2.24, 2.45) is 5.73 Å². The molecule has 0 saturated carbocycles. The second-order valence-corrected chi connectivity index (χ2v) is 3.42. The van der Waals surface area contributed by atoms with Gasteiger partial charge in [0.05, 0.1) is 4.70 Å². The van der Waals surface area contributed by atoms with Crippen LogP contribution in [0.5, 0.6) is 0 Å². The molecule has 0 fully saturated rings. The topological polar surface area (TPSA) is 56.2 Å². The van der Waals surface area contributed by atoms with E-state index in [0.29, 0.717) is 12.1 Å². The molecule has 1 aromatic carbocycles. The average molecular weight is 181 g/mol. The molecule has 0 spiro atoms. The molecule has 2 aromatic rings. The molecule has 0 radical (unpaired) electrons. The van der Waals surface area contributed by atoms with Gasteiger partial charge in [-0.25, -0.2) is 4.79 Å². The average Bonchev–Trinajstić information content (AvgIpc) is 2.43. The highest BCUT2D eigenvalue weighted by Gasteiger charge is 2.01. The van der Waals surface area contributed by atoms with Gasteiger partial charge in [-0.15, -0.1) is 0 Å². The van der Waals surface area contributed by atoms with E-state index in [1.165, 1.54) is 0 Å². The molecule has 0 aliphatic carbocycles. The van der Waals surface area contributed by atoms with Crippen molar-refractivity contribution in [2.45, 2.75) is 6.54 Å². The van der Waals surface area contributed by atoms with Gasteiger partial charge < -0.3 is 10.2 Å². The standard InChI is InChI=1S/C8H7NO2S/c9-4-5-1-2-6-7(3-5)12-8(10)11-6/h1-3H,4,9H2. The van der Waals surface area contributed by atoms with Crippen LogP contribution in [0.1, 0.15) is 5.56 Å². The summed E-state index contributed by atoms with van der Waals surface area (Å²) in [6, 6.07) is 5.51. The Morgan fingerprint density at radius 2 is 2.33 bits per heavy atom. The monoisotopic (exact) mass is 181 g/mol. The highest BCUT2D eigenvalue weighted by atomic mass is 32.1. The van der Waals surface area contributed by atoms with E-state index in [-0.39, 0.29) is 4.94 Å². The van der Waals surface area contributed by atoms with Gasteiger partial charge in [0.2, 0.25) is 0 Å². The van der Waals surface area contributed by atoms with E-state index in [1.807, 2.05) is 12.1 Å². The van der Waals surface area contributed by atoms with Crippen LogP contribution in [0.15, 0.2) is 27.4 Å². The SMILES string of the molecule is NCc1ccc2oc(=O)sc2c1. The minimum absolute atomic E-state index is 0.265. The molecule has 4 heteroatoms. The fourth-order valence-corrected chi connectivity index (χ4v) is 1.78. The Kier molecular flexibility index (Phi) is 1.71. The third-order valence-electron chi connectivity index (χ3n) is 1.63. The van der Waals surface area contributed by atoms with Crippen molar-refractivity contribution in [3.63, 3.8) is 0 Å². The molecule has 0 bridgehead atoms. The quantitative estimate of drug-likeness (QED) is 0.721. The molecule has 12 heavy (non-hydrogen) atoms. The Balaban J connectivity index is 2.74. The van der Waals surface area contributed by atoms with Gasteiger partial charge in [0.1, 0.15) is 5.58 Å². The van der Waals surface area contributed by atoms with Crippen molar-refractivity contribution in [3.05, 3.63) is 33.5 Å². The lowest BCUT2D eigenvalue weighted by Crippen LogP contribution is -1.94. The zero-order valence-corrected chi connectivity index (χ0v) is 7.06. The molecule has 0 saturated heterocycles. The molecule has 0 amide bonds. The predicted octanol–water partition coefficient (Wildman–Crippen LogP) is 1.31. The maximum atomic E-state index is 10.8. The Labute approximate surface area is 72.4 Å². The van der Waals surface area contributed by atoms with Crippen LogP contribution in [0.4, 0.5) is 0 Å². The molecule has 0 aliphatic rings. The van der Waals surface area contributed by atoms with Crippen molar-refractivity contribution in [2.75, 3.05) is 0 Å². The number of hydrogen-bond acceptors (Lipinski definition) is 4. The molecular formula is C8H7NO2S. The van der Waals surface area contributed by atoms with Crippen LogP contribution in [0.25, 0.3) is 10.3 Å². The van der Waals surface area contributed by atoms with E-state index in [2.05, 4.69) is 0 Å². The van der Waals surface area contributed by atoms with Crippen molar-refractivity contribution in [3.8, 4) is 0 Å². The normalized spacial score (nSPS) is 10.8. The molecule has 0 unspecified atom stereocenters. The first-order valence-electron chi connectivity index (χ1n) is 3.52. The van der Waals surface area contributed by atoms with Gasteiger partial charge in [-0.05, 0) is 17.7 Å². The van der Waals surface area contributed by atoms with Gasteiger partial charge in [-0.1, -0.05) is 17.4 Å². The highest BCUT2D eigenvalue weighted by Crippen LogP contribution is 2.17. The van der Waals surface area contributed by atoms with E-state index in [0.717, 1.165) is 21.6 Å².